The quantitative estimate of drug-likeness (QED) is 0.852. The molecule has 2 N–H and O–H groups in total. The Morgan fingerprint density at radius 3 is 2.62 bits per heavy atom. The number of nitrogen functional groups attached to an aromatic ring is 1. The first-order valence-corrected chi connectivity index (χ1v) is 6.06. The number of hydrogen-bond acceptors (Lipinski definition) is 4. The molecule has 0 aliphatic heterocycles. The summed E-state index contributed by atoms with van der Waals surface area (Å²) in [5.74, 6) is 1.94. The minimum absolute atomic E-state index is 0.502. The van der Waals surface area contributed by atoms with Crippen molar-refractivity contribution in [2.24, 2.45) is 0 Å². The number of nitrogens with two attached hydrogens (primary N) is 1. The molecule has 0 unspecified atom stereocenters. The molecule has 0 saturated carbocycles. The molecule has 2 rings (SSSR count). The Morgan fingerprint density at radius 1 is 1.19 bits per heavy atom. The van der Waals surface area contributed by atoms with Gasteiger partial charge in [0.05, 0.1) is 5.75 Å². The number of hydrogen-bond donors (Lipinski definition) is 1. The molecule has 0 amide bonds. The Bertz CT molecular complexity index is 473. The van der Waals surface area contributed by atoms with Crippen LogP contribution in [0.4, 0.5) is 5.82 Å². The van der Waals surface area contributed by atoms with E-state index in [1.54, 1.807) is 24.0 Å². The average molecular weight is 252 g/mol. The van der Waals surface area contributed by atoms with Crippen LogP contribution in [0.5, 0.6) is 0 Å². The van der Waals surface area contributed by atoms with E-state index in [-0.39, 0.29) is 0 Å². The molecule has 5 heteroatoms. The van der Waals surface area contributed by atoms with Crippen molar-refractivity contribution in [2.75, 3.05) is 5.73 Å². The van der Waals surface area contributed by atoms with Crippen LogP contribution in [0.25, 0.3) is 0 Å². The van der Waals surface area contributed by atoms with Crippen LogP contribution in [0.2, 0.25) is 5.02 Å². The van der Waals surface area contributed by atoms with Gasteiger partial charge in [-0.25, -0.2) is 9.97 Å². The lowest BCUT2D eigenvalue weighted by atomic mass is 10.4. The molecule has 0 spiro atoms. The number of halogens is 1. The fourth-order valence-electron chi connectivity index (χ4n) is 1.16. The van der Waals surface area contributed by atoms with E-state index in [1.165, 1.54) is 0 Å². The smallest absolute Gasteiger partial charge is 0.140 e. The van der Waals surface area contributed by atoms with Crippen molar-refractivity contribution in [3.8, 4) is 0 Å². The highest BCUT2D eigenvalue weighted by Crippen LogP contribution is 2.22. The molecule has 0 saturated heterocycles. The number of rotatable bonds is 3. The lowest BCUT2D eigenvalue weighted by Gasteiger charge is -2.01. The second-order valence-corrected chi connectivity index (χ2v) is 4.63. The Kier molecular flexibility index (Phi) is 3.64. The van der Waals surface area contributed by atoms with E-state index in [9.17, 15) is 0 Å². The standard InChI is InChI=1S/C11H10ClN3S/c12-8-1-3-9(4-2-8)16-7-11-14-6-5-10(13)15-11/h1-6H,7H2,(H2,13,14,15). The summed E-state index contributed by atoms with van der Waals surface area (Å²) in [5.41, 5.74) is 5.57. The molecule has 0 aliphatic carbocycles. The van der Waals surface area contributed by atoms with Gasteiger partial charge in [-0.05, 0) is 30.3 Å². The molecule has 0 atom stereocenters. The highest BCUT2D eigenvalue weighted by molar-refractivity contribution is 7.98. The van der Waals surface area contributed by atoms with Crippen molar-refractivity contribution in [1.82, 2.24) is 9.97 Å². The highest BCUT2D eigenvalue weighted by atomic mass is 35.5. The monoisotopic (exact) mass is 251 g/mol. The molecular weight excluding hydrogens is 242 g/mol. The van der Waals surface area contributed by atoms with Crippen molar-refractivity contribution in [2.45, 2.75) is 10.6 Å². The molecule has 0 fully saturated rings. The molecule has 1 aromatic carbocycles. The summed E-state index contributed by atoms with van der Waals surface area (Å²) in [6.45, 7) is 0. The normalized spacial score (nSPS) is 10.3. The van der Waals surface area contributed by atoms with Crippen LogP contribution >= 0.6 is 23.4 Å². The summed E-state index contributed by atoms with van der Waals surface area (Å²) in [4.78, 5) is 9.39. The Balaban J connectivity index is 1.99. The highest BCUT2D eigenvalue weighted by Gasteiger charge is 1.99. The first-order valence-electron chi connectivity index (χ1n) is 4.70. The van der Waals surface area contributed by atoms with Gasteiger partial charge in [0.1, 0.15) is 11.6 Å². The maximum atomic E-state index is 5.80. The molecule has 16 heavy (non-hydrogen) atoms. The van der Waals surface area contributed by atoms with Crippen molar-refractivity contribution in [1.29, 1.82) is 0 Å². The maximum Gasteiger partial charge on any atom is 0.140 e. The molecular formula is C11H10ClN3S. The lowest BCUT2D eigenvalue weighted by Crippen LogP contribution is -1.96. The molecule has 0 aliphatic rings. The van der Waals surface area contributed by atoms with Crippen LogP contribution in [0.15, 0.2) is 41.4 Å². The van der Waals surface area contributed by atoms with Gasteiger partial charge in [0.25, 0.3) is 0 Å². The van der Waals surface area contributed by atoms with Crippen LogP contribution in [0.3, 0.4) is 0 Å². The number of anilines is 1. The van der Waals surface area contributed by atoms with E-state index in [1.807, 2.05) is 24.3 Å². The van der Waals surface area contributed by atoms with Crippen LogP contribution in [0.1, 0.15) is 5.82 Å². The van der Waals surface area contributed by atoms with Crippen LogP contribution < -0.4 is 5.73 Å². The molecule has 0 radical (unpaired) electrons. The third-order valence-electron chi connectivity index (χ3n) is 1.91. The van der Waals surface area contributed by atoms with Gasteiger partial charge < -0.3 is 5.73 Å². The Morgan fingerprint density at radius 2 is 1.94 bits per heavy atom. The predicted octanol–water partition coefficient (Wildman–Crippen LogP) is 3.00. The van der Waals surface area contributed by atoms with Gasteiger partial charge in [-0.15, -0.1) is 11.8 Å². The summed E-state index contributed by atoms with van der Waals surface area (Å²) < 4.78 is 0. The molecule has 82 valence electrons. The lowest BCUT2D eigenvalue weighted by molar-refractivity contribution is 1.04. The maximum absolute atomic E-state index is 5.80. The zero-order valence-corrected chi connectivity index (χ0v) is 10.0. The number of nitrogens with zero attached hydrogens (tertiary/aromatic N) is 2. The number of aromatic nitrogens is 2. The van der Waals surface area contributed by atoms with E-state index >= 15 is 0 Å². The van der Waals surface area contributed by atoms with E-state index in [0.29, 0.717) is 11.6 Å². The zero-order chi connectivity index (χ0) is 11.4. The van der Waals surface area contributed by atoms with Crippen molar-refractivity contribution in [3.63, 3.8) is 0 Å². The second-order valence-electron chi connectivity index (χ2n) is 3.14. The van der Waals surface area contributed by atoms with E-state index in [0.717, 1.165) is 15.7 Å². The Hall–Kier alpha value is -1.26. The summed E-state index contributed by atoms with van der Waals surface area (Å²) in [6, 6.07) is 9.35. The molecule has 3 nitrogen and oxygen atoms in total. The van der Waals surface area contributed by atoms with Gasteiger partial charge in [0, 0.05) is 16.1 Å². The molecule has 0 bridgehead atoms. The van der Waals surface area contributed by atoms with E-state index in [4.69, 9.17) is 17.3 Å². The summed E-state index contributed by atoms with van der Waals surface area (Å²) in [5, 5.41) is 0.740. The topological polar surface area (TPSA) is 51.8 Å². The second kappa shape index (κ2) is 5.18. The number of thioether (sulfide) groups is 1. The van der Waals surface area contributed by atoms with Gasteiger partial charge in [-0.2, -0.15) is 0 Å². The van der Waals surface area contributed by atoms with Crippen LogP contribution in [-0.4, -0.2) is 9.97 Å². The van der Waals surface area contributed by atoms with Crippen LogP contribution in [0, 0.1) is 0 Å². The van der Waals surface area contributed by atoms with Crippen molar-refractivity contribution >= 4 is 29.2 Å². The summed E-state index contributed by atoms with van der Waals surface area (Å²) in [7, 11) is 0. The van der Waals surface area contributed by atoms with Gasteiger partial charge in [-0.1, -0.05) is 11.6 Å². The fourth-order valence-corrected chi connectivity index (χ4v) is 2.05. The minimum Gasteiger partial charge on any atom is -0.384 e. The first kappa shape index (κ1) is 11.2. The average Bonchev–Trinajstić information content (AvgIpc) is 2.28. The van der Waals surface area contributed by atoms with E-state index < -0.39 is 0 Å². The summed E-state index contributed by atoms with van der Waals surface area (Å²) >= 11 is 7.45. The number of benzene rings is 1. The third kappa shape index (κ3) is 3.12. The Labute approximate surface area is 103 Å². The van der Waals surface area contributed by atoms with Gasteiger partial charge in [0.2, 0.25) is 0 Å². The van der Waals surface area contributed by atoms with Crippen molar-refractivity contribution < 1.29 is 0 Å². The fraction of sp³-hybridized carbons (Fsp3) is 0.0909. The largest absolute Gasteiger partial charge is 0.384 e. The van der Waals surface area contributed by atoms with Crippen LogP contribution in [-0.2, 0) is 5.75 Å². The van der Waals surface area contributed by atoms with Crippen molar-refractivity contribution in [3.05, 3.63) is 47.4 Å². The molecule has 1 heterocycles. The summed E-state index contributed by atoms with van der Waals surface area (Å²) in [6.07, 6.45) is 1.67. The zero-order valence-electron chi connectivity index (χ0n) is 8.43. The van der Waals surface area contributed by atoms with Gasteiger partial charge in [0.15, 0.2) is 0 Å². The predicted molar refractivity (Wildman–Crippen MR) is 67.5 cm³/mol. The third-order valence-corrected chi connectivity index (χ3v) is 3.17. The van der Waals surface area contributed by atoms with Gasteiger partial charge >= 0.3 is 0 Å². The molecule has 1 aromatic heterocycles. The van der Waals surface area contributed by atoms with Gasteiger partial charge in [-0.3, -0.25) is 0 Å². The SMILES string of the molecule is Nc1ccnc(CSc2ccc(Cl)cc2)n1. The minimum atomic E-state index is 0.502. The molecule has 2 aromatic rings. The first-order chi connectivity index (χ1) is 7.74. The van der Waals surface area contributed by atoms with E-state index in [2.05, 4.69) is 9.97 Å².